The highest BCUT2D eigenvalue weighted by molar-refractivity contribution is 6.22. The van der Waals surface area contributed by atoms with Gasteiger partial charge in [-0.2, -0.15) is 0 Å². The fraction of sp³-hybridized carbons (Fsp3) is 0.519. The second-order valence-electron chi connectivity index (χ2n) is 9.28. The predicted octanol–water partition coefficient (Wildman–Crippen LogP) is 5.19. The molecule has 5 nitrogen and oxygen atoms in total. The number of alkyl halides is 1. The van der Waals surface area contributed by atoms with E-state index in [1.165, 1.54) is 33.9 Å². The van der Waals surface area contributed by atoms with Gasteiger partial charge in [-0.25, -0.2) is 0 Å². The average molecular weight is 469 g/mol. The Morgan fingerprint density at radius 1 is 1.18 bits per heavy atom. The first-order valence-corrected chi connectivity index (χ1v) is 12.7. The van der Waals surface area contributed by atoms with Crippen LogP contribution < -0.4 is 5.32 Å². The summed E-state index contributed by atoms with van der Waals surface area (Å²) in [5.41, 5.74) is 3.90. The van der Waals surface area contributed by atoms with Gasteiger partial charge in [0, 0.05) is 32.3 Å². The number of ether oxygens (including phenoxy) is 2. The number of halogens is 1. The Hall–Kier alpha value is -1.92. The molecule has 33 heavy (non-hydrogen) atoms. The molecule has 2 aromatic carbocycles. The molecule has 3 unspecified atom stereocenters. The molecule has 3 aliphatic rings. The lowest BCUT2D eigenvalue weighted by molar-refractivity contribution is -0.171. The van der Waals surface area contributed by atoms with Crippen molar-refractivity contribution in [1.29, 1.82) is 0 Å². The molecule has 0 bridgehead atoms. The number of likely N-dealkylation sites (tertiary alicyclic amines) is 1. The lowest BCUT2D eigenvalue weighted by Gasteiger charge is -2.37. The van der Waals surface area contributed by atoms with Gasteiger partial charge in [-0.1, -0.05) is 36.4 Å². The van der Waals surface area contributed by atoms with Gasteiger partial charge in [0.15, 0.2) is 0 Å². The summed E-state index contributed by atoms with van der Waals surface area (Å²) in [6.07, 6.45) is 6.77. The van der Waals surface area contributed by atoms with E-state index in [1.807, 2.05) is 13.8 Å². The zero-order valence-corrected chi connectivity index (χ0v) is 20.2. The van der Waals surface area contributed by atoms with E-state index in [4.69, 9.17) is 21.1 Å². The Labute approximate surface area is 201 Å². The molecule has 5 rings (SSSR count). The number of carbonyl (C=O) groups is 1. The van der Waals surface area contributed by atoms with Crippen LogP contribution in [0, 0.1) is 5.92 Å². The van der Waals surface area contributed by atoms with Gasteiger partial charge in [-0.15, -0.1) is 11.6 Å². The van der Waals surface area contributed by atoms with E-state index in [0.717, 1.165) is 25.9 Å². The first-order chi connectivity index (χ1) is 16.1. The number of rotatable bonds is 8. The molecule has 0 radical (unpaired) electrons. The molecule has 1 saturated carbocycles. The number of hydrogen-bond acceptors (Lipinski definition) is 4. The van der Waals surface area contributed by atoms with Gasteiger partial charge in [0.1, 0.15) is 5.50 Å². The maximum Gasteiger partial charge on any atom is 0.277 e. The van der Waals surface area contributed by atoms with Crippen molar-refractivity contribution in [3.05, 3.63) is 53.1 Å². The number of hydrogen-bond donors (Lipinski definition) is 1. The van der Waals surface area contributed by atoms with Crippen LogP contribution in [0.2, 0.25) is 0 Å². The summed E-state index contributed by atoms with van der Waals surface area (Å²) >= 11 is 7.25. The predicted molar refractivity (Wildman–Crippen MR) is 132 cm³/mol. The Morgan fingerprint density at radius 3 is 2.64 bits per heavy atom. The Balaban J connectivity index is 1.31. The van der Waals surface area contributed by atoms with Crippen LogP contribution in [0.15, 0.2) is 36.4 Å². The number of nitrogens with zero attached hydrogens (tertiary/aromatic N) is 1. The summed E-state index contributed by atoms with van der Waals surface area (Å²) in [5.74, 6) is 1.09. The van der Waals surface area contributed by atoms with Crippen molar-refractivity contribution in [3.63, 3.8) is 0 Å². The SMILES string of the molecule is CCOC(OCC)C(=O)NC1CCN(C(Cl)c2c3c(cc4ccccc24)C=CC2CC32)CC1. The zero-order valence-electron chi connectivity index (χ0n) is 19.4. The smallest absolute Gasteiger partial charge is 0.277 e. The molecule has 3 atom stereocenters. The van der Waals surface area contributed by atoms with E-state index in [2.05, 4.69) is 52.7 Å². The minimum Gasteiger partial charge on any atom is -0.349 e. The monoisotopic (exact) mass is 468 g/mol. The van der Waals surface area contributed by atoms with Gasteiger partial charge in [0.05, 0.1) is 0 Å². The van der Waals surface area contributed by atoms with Gasteiger partial charge < -0.3 is 14.8 Å². The molecule has 2 aliphatic carbocycles. The van der Waals surface area contributed by atoms with Gasteiger partial charge in [-0.05, 0) is 78.5 Å². The van der Waals surface area contributed by atoms with E-state index in [-0.39, 0.29) is 17.5 Å². The van der Waals surface area contributed by atoms with Crippen LogP contribution in [-0.2, 0) is 14.3 Å². The maximum atomic E-state index is 12.6. The first-order valence-electron chi connectivity index (χ1n) is 12.3. The number of amides is 1. The second-order valence-corrected chi connectivity index (χ2v) is 9.69. The third-order valence-electron chi connectivity index (χ3n) is 7.18. The van der Waals surface area contributed by atoms with Crippen molar-refractivity contribution in [2.75, 3.05) is 26.3 Å². The van der Waals surface area contributed by atoms with Crippen LogP contribution >= 0.6 is 11.6 Å². The molecule has 176 valence electrons. The molecule has 2 fully saturated rings. The molecule has 1 aliphatic heterocycles. The normalized spacial score (nSPS) is 23.4. The van der Waals surface area contributed by atoms with Gasteiger partial charge in [-0.3, -0.25) is 9.69 Å². The van der Waals surface area contributed by atoms with Crippen molar-refractivity contribution in [3.8, 4) is 0 Å². The second kappa shape index (κ2) is 9.75. The third-order valence-corrected chi connectivity index (χ3v) is 7.68. The van der Waals surface area contributed by atoms with Crippen molar-refractivity contribution in [2.24, 2.45) is 5.92 Å². The number of piperidine rings is 1. The van der Waals surface area contributed by atoms with E-state index < -0.39 is 6.29 Å². The number of benzene rings is 2. The van der Waals surface area contributed by atoms with E-state index in [9.17, 15) is 4.79 Å². The third kappa shape index (κ3) is 4.57. The summed E-state index contributed by atoms with van der Waals surface area (Å²) < 4.78 is 10.9. The van der Waals surface area contributed by atoms with Crippen molar-refractivity contribution in [1.82, 2.24) is 10.2 Å². The van der Waals surface area contributed by atoms with Gasteiger partial charge in [0.2, 0.25) is 6.29 Å². The molecule has 1 heterocycles. The molecule has 0 spiro atoms. The molecule has 2 aromatic rings. The minimum atomic E-state index is -0.833. The number of allylic oxidation sites excluding steroid dienone is 1. The van der Waals surface area contributed by atoms with Crippen molar-refractivity contribution < 1.29 is 14.3 Å². The summed E-state index contributed by atoms with van der Waals surface area (Å²) in [7, 11) is 0. The van der Waals surface area contributed by atoms with Crippen LogP contribution in [0.1, 0.15) is 61.2 Å². The van der Waals surface area contributed by atoms with Crippen LogP contribution in [0.5, 0.6) is 0 Å². The number of fused-ring (bicyclic) bond motifs is 4. The summed E-state index contributed by atoms with van der Waals surface area (Å²) in [6, 6.07) is 11.0. The summed E-state index contributed by atoms with van der Waals surface area (Å²) in [6.45, 7) is 6.30. The fourth-order valence-electron chi connectivity index (χ4n) is 5.43. The van der Waals surface area contributed by atoms with Crippen LogP contribution in [0.4, 0.5) is 0 Å². The lowest BCUT2D eigenvalue weighted by atomic mass is 9.87. The molecule has 0 aromatic heterocycles. The lowest BCUT2D eigenvalue weighted by Crippen LogP contribution is -2.48. The van der Waals surface area contributed by atoms with Crippen LogP contribution in [0.25, 0.3) is 16.8 Å². The number of carbonyl (C=O) groups excluding carboxylic acids is 1. The topological polar surface area (TPSA) is 50.8 Å². The standard InChI is InChI=1S/C27H33ClN2O3/c1-3-32-27(33-4-2)26(31)29-20-11-13-30(14-12-20)25(28)24-21-8-6-5-7-17(21)15-19-10-9-18-16-22(18)23(19)24/h5-10,15,18,20,22,25,27H,3-4,11-14,16H2,1-2H3,(H,29,31). The van der Waals surface area contributed by atoms with E-state index >= 15 is 0 Å². The highest BCUT2D eigenvalue weighted by atomic mass is 35.5. The molecule has 1 saturated heterocycles. The van der Waals surface area contributed by atoms with Crippen LogP contribution in [-0.4, -0.2) is 49.4 Å². The van der Waals surface area contributed by atoms with Crippen LogP contribution in [0.3, 0.4) is 0 Å². The quantitative estimate of drug-likeness (QED) is 0.329. The highest BCUT2D eigenvalue weighted by Gasteiger charge is 2.43. The largest absolute Gasteiger partial charge is 0.349 e. The molecular weight excluding hydrogens is 436 g/mol. The minimum absolute atomic E-state index is 0.109. The maximum absolute atomic E-state index is 12.6. The number of nitrogens with one attached hydrogen (secondary N) is 1. The Bertz CT molecular complexity index is 1040. The van der Waals surface area contributed by atoms with E-state index in [1.54, 1.807) is 0 Å². The van der Waals surface area contributed by atoms with Crippen molar-refractivity contribution in [2.45, 2.75) is 56.9 Å². The van der Waals surface area contributed by atoms with Gasteiger partial charge in [0.25, 0.3) is 5.91 Å². The first kappa shape index (κ1) is 22.9. The Kier molecular flexibility index (Phi) is 6.75. The summed E-state index contributed by atoms with van der Waals surface area (Å²) in [4.78, 5) is 14.9. The average Bonchev–Trinajstić information content (AvgIpc) is 3.63. The zero-order chi connectivity index (χ0) is 22.9. The van der Waals surface area contributed by atoms with E-state index in [0.29, 0.717) is 25.0 Å². The molecular formula is C27H33ClN2O3. The van der Waals surface area contributed by atoms with Gasteiger partial charge >= 0.3 is 0 Å². The summed E-state index contributed by atoms with van der Waals surface area (Å²) in [5, 5.41) is 5.63. The fourth-order valence-corrected chi connectivity index (χ4v) is 5.86. The molecule has 1 amide bonds. The molecule has 1 N–H and O–H groups in total. The van der Waals surface area contributed by atoms with Crippen molar-refractivity contribution >= 4 is 34.4 Å². The Morgan fingerprint density at radius 2 is 1.91 bits per heavy atom. The molecule has 6 heteroatoms. The highest BCUT2D eigenvalue weighted by Crippen LogP contribution is 2.56.